The Morgan fingerprint density at radius 3 is 2.71 bits per heavy atom. The molecule has 4 heteroatoms. The molecule has 1 amide bonds. The summed E-state index contributed by atoms with van der Waals surface area (Å²) < 4.78 is 0. The van der Waals surface area contributed by atoms with E-state index in [4.69, 9.17) is 0 Å². The van der Waals surface area contributed by atoms with E-state index in [2.05, 4.69) is 0 Å². The maximum Gasteiger partial charge on any atom is 0.255 e. The fourth-order valence-electron chi connectivity index (χ4n) is 1.93. The third-order valence-corrected chi connectivity index (χ3v) is 3.24. The quantitative estimate of drug-likeness (QED) is 0.865. The SMILES string of the molecule is CCN(C)C(=O)c1cccc(O)c1N1CCC1. The zero-order valence-electron chi connectivity index (χ0n) is 10.3. The Labute approximate surface area is 101 Å². The maximum absolute atomic E-state index is 12.2. The van der Waals surface area contributed by atoms with Crippen LogP contribution in [0, 0.1) is 0 Å². The number of carbonyl (C=O) groups is 1. The number of benzene rings is 1. The van der Waals surface area contributed by atoms with Crippen LogP contribution in [0.25, 0.3) is 0 Å². The molecule has 1 fully saturated rings. The van der Waals surface area contributed by atoms with Gasteiger partial charge >= 0.3 is 0 Å². The van der Waals surface area contributed by atoms with Gasteiger partial charge in [-0.15, -0.1) is 0 Å². The molecule has 0 aliphatic carbocycles. The number of phenols is 1. The van der Waals surface area contributed by atoms with E-state index in [-0.39, 0.29) is 11.7 Å². The second-order valence-corrected chi connectivity index (χ2v) is 4.33. The first kappa shape index (κ1) is 11.8. The molecule has 1 aliphatic rings. The predicted molar refractivity (Wildman–Crippen MR) is 67.6 cm³/mol. The van der Waals surface area contributed by atoms with Crippen molar-refractivity contribution in [2.45, 2.75) is 13.3 Å². The number of para-hydroxylation sites is 1. The molecule has 0 atom stereocenters. The Hall–Kier alpha value is -1.71. The number of anilines is 1. The van der Waals surface area contributed by atoms with E-state index in [1.54, 1.807) is 30.1 Å². The van der Waals surface area contributed by atoms with Gasteiger partial charge in [0, 0.05) is 26.7 Å². The van der Waals surface area contributed by atoms with Gasteiger partial charge in [0.25, 0.3) is 5.91 Å². The highest BCUT2D eigenvalue weighted by Gasteiger charge is 2.25. The van der Waals surface area contributed by atoms with Gasteiger partial charge in [-0.3, -0.25) is 4.79 Å². The van der Waals surface area contributed by atoms with Crippen molar-refractivity contribution < 1.29 is 9.90 Å². The van der Waals surface area contributed by atoms with Gasteiger partial charge in [-0.05, 0) is 25.5 Å². The summed E-state index contributed by atoms with van der Waals surface area (Å²) in [6.45, 7) is 4.42. The van der Waals surface area contributed by atoms with E-state index in [0.29, 0.717) is 17.8 Å². The third-order valence-electron chi connectivity index (χ3n) is 3.24. The minimum Gasteiger partial charge on any atom is -0.506 e. The predicted octanol–water partition coefficient (Wildman–Crippen LogP) is 1.69. The van der Waals surface area contributed by atoms with Crippen molar-refractivity contribution in [3.63, 3.8) is 0 Å². The van der Waals surface area contributed by atoms with Crippen LogP contribution < -0.4 is 4.90 Å². The van der Waals surface area contributed by atoms with E-state index >= 15 is 0 Å². The van der Waals surface area contributed by atoms with E-state index in [1.165, 1.54) is 0 Å². The molecule has 4 nitrogen and oxygen atoms in total. The van der Waals surface area contributed by atoms with Gasteiger partial charge in [0.1, 0.15) is 5.75 Å². The smallest absolute Gasteiger partial charge is 0.255 e. The van der Waals surface area contributed by atoms with Crippen molar-refractivity contribution in [3.8, 4) is 5.75 Å². The molecule has 1 heterocycles. The molecule has 0 spiro atoms. The van der Waals surface area contributed by atoms with Crippen LogP contribution in [0.3, 0.4) is 0 Å². The molecule has 0 unspecified atom stereocenters. The monoisotopic (exact) mass is 234 g/mol. The van der Waals surface area contributed by atoms with E-state index in [0.717, 1.165) is 19.5 Å². The number of rotatable bonds is 3. The van der Waals surface area contributed by atoms with Gasteiger partial charge in [0.2, 0.25) is 0 Å². The molecule has 1 saturated heterocycles. The molecule has 92 valence electrons. The van der Waals surface area contributed by atoms with Gasteiger partial charge < -0.3 is 14.9 Å². The second kappa shape index (κ2) is 4.65. The summed E-state index contributed by atoms with van der Waals surface area (Å²) in [5, 5.41) is 9.92. The molecule has 0 saturated carbocycles. The number of phenolic OH excluding ortho intramolecular Hbond substituents is 1. The van der Waals surface area contributed by atoms with Crippen LogP contribution in [-0.4, -0.2) is 42.6 Å². The summed E-state index contributed by atoms with van der Waals surface area (Å²) in [5.74, 6) is 0.158. The molecule has 1 aromatic rings. The van der Waals surface area contributed by atoms with Crippen LogP contribution in [0.15, 0.2) is 18.2 Å². The van der Waals surface area contributed by atoms with Crippen LogP contribution in [0.5, 0.6) is 5.75 Å². The molecule has 0 bridgehead atoms. The number of nitrogens with zero attached hydrogens (tertiary/aromatic N) is 2. The highest BCUT2D eigenvalue weighted by atomic mass is 16.3. The lowest BCUT2D eigenvalue weighted by atomic mass is 10.1. The molecular formula is C13H18N2O2. The zero-order valence-corrected chi connectivity index (χ0v) is 10.3. The lowest BCUT2D eigenvalue weighted by Crippen LogP contribution is -2.39. The number of amides is 1. The lowest BCUT2D eigenvalue weighted by Gasteiger charge is -2.35. The largest absolute Gasteiger partial charge is 0.506 e. The first-order chi connectivity index (χ1) is 8.15. The van der Waals surface area contributed by atoms with Gasteiger partial charge in [-0.25, -0.2) is 0 Å². The van der Waals surface area contributed by atoms with Gasteiger partial charge in [0.05, 0.1) is 11.3 Å². The highest BCUT2D eigenvalue weighted by Crippen LogP contribution is 2.34. The van der Waals surface area contributed by atoms with Crippen molar-refractivity contribution in [1.82, 2.24) is 4.90 Å². The first-order valence-corrected chi connectivity index (χ1v) is 5.97. The number of hydrogen-bond acceptors (Lipinski definition) is 3. The van der Waals surface area contributed by atoms with Gasteiger partial charge in [-0.1, -0.05) is 6.07 Å². The Balaban J connectivity index is 2.38. The number of hydrogen-bond donors (Lipinski definition) is 1. The maximum atomic E-state index is 12.2. The van der Waals surface area contributed by atoms with Crippen molar-refractivity contribution >= 4 is 11.6 Å². The summed E-state index contributed by atoms with van der Waals surface area (Å²) in [6, 6.07) is 5.13. The minimum atomic E-state index is -0.0368. The Morgan fingerprint density at radius 1 is 1.47 bits per heavy atom. The topological polar surface area (TPSA) is 43.8 Å². The first-order valence-electron chi connectivity index (χ1n) is 5.97. The normalized spacial score (nSPS) is 14.4. The molecule has 0 aromatic heterocycles. The Morgan fingerprint density at radius 2 is 2.18 bits per heavy atom. The van der Waals surface area contributed by atoms with Crippen molar-refractivity contribution in [2.75, 3.05) is 31.6 Å². The summed E-state index contributed by atoms with van der Waals surface area (Å²) in [5.41, 5.74) is 1.28. The van der Waals surface area contributed by atoms with E-state index in [1.807, 2.05) is 11.8 Å². The van der Waals surface area contributed by atoms with E-state index in [9.17, 15) is 9.90 Å². The van der Waals surface area contributed by atoms with Crippen LogP contribution in [0.1, 0.15) is 23.7 Å². The third kappa shape index (κ3) is 2.07. The molecule has 0 radical (unpaired) electrons. The minimum absolute atomic E-state index is 0.0368. The molecule has 1 N–H and O–H groups in total. The standard InChI is InChI=1S/C13H18N2O2/c1-3-14(2)13(17)10-6-4-7-11(16)12(10)15-8-5-9-15/h4,6-7,16H,3,5,8-9H2,1-2H3. The number of aromatic hydroxyl groups is 1. The molecule has 1 aromatic carbocycles. The molecule has 1 aliphatic heterocycles. The highest BCUT2D eigenvalue weighted by molar-refractivity contribution is 6.01. The van der Waals surface area contributed by atoms with Crippen LogP contribution >= 0.6 is 0 Å². The van der Waals surface area contributed by atoms with Crippen molar-refractivity contribution in [2.24, 2.45) is 0 Å². The van der Waals surface area contributed by atoms with Crippen molar-refractivity contribution in [1.29, 1.82) is 0 Å². The van der Waals surface area contributed by atoms with Crippen LogP contribution in [0.2, 0.25) is 0 Å². The Kier molecular flexibility index (Phi) is 3.22. The number of carbonyl (C=O) groups excluding carboxylic acids is 1. The fourth-order valence-corrected chi connectivity index (χ4v) is 1.93. The fraction of sp³-hybridized carbons (Fsp3) is 0.462. The van der Waals surface area contributed by atoms with E-state index < -0.39 is 0 Å². The Bertz CT molecular complexity index is 427. The molecular weight excluding hydrogens is 216 g/mol. The second-order valence-electron chi connectivity index (χ2n) is 4.33. The molecule has 2 rings (SSSR count). The summed E-state index contributed by atoms with van der Waals surface area (Å²) in [7, 11) is 1.77. The van der Waals surface area contributed by atoms with Crippen molar-refractivity contribution in [3.05, 3.63) is 23.8 Å². The van der Waals surface area contributed by atoms with Gasteiger partial charge in [-0.2, -0.15) is 0 Å². The summed E-state index contributed by atoms with van der Waals surface area (Å²) in [4.78, 5) is 15.9. The summed E-state index contributed by atoms with van der Waals surface area (Å²) in [6.07, 6.45) is 1.12. The van der Waals surface area contributed by atoms with Crippen LogP contribution in [0.4, 0.5) is 5.69 Å². The van der Waals surface area contributed by atoms with Gasteiger partial charge in [0.15, 0.2) is 0 Å². The average molecular weight is 234 g/mol. The summed E-state index contributed by atoms with van der Waals surface area (Å²) >= 11 is 0. The molecule has 17 heavy (non-hydrogen) atoms. The average Bonchev–Trinajstić information content (AvgIpc) is 2.27. The van der Waals surface area contributed by atoms with Crippen LogP contribution in [-0.2, 0) is 0 Å². The lowest BCUT2D eigenvalue weighted by molar-refractivity contribution is 0.0802. The zero-order chi connectivity index (χ0) is 12.4.